The summed E-state index contributed by atoms with van der Waals surface area (Å²) in [5.74, 6) is 1.64. The van der Waals surface area contributed by atoms with E-state index in [0.29, 0.717) is 0 Å². The van der Waals surface area contributed by atoms with Crippen LogP contribution in [0, 0.1) is 0 Å². The number of benzene rings is 6. The molecule has 0 N–H and O–H groups in total. The summed E-state index contributed by atoms with van der Waals surface area (Å²) in [6, 6.07) is 50.0. The maximum Gasteiger partial charge on any atom is 0.232 e. The van der Waals surface area contributed by atoms with E-state index in [4.69, 9.17) is 18.8 Å². The fourth-order valence-corrected chi connectivity index (χ4v) is 7.81. The Hall–Kier alpha value is -7.06. The summed E-state index contributed by atoms with van der Waals surface area (Å²) < 4.78 is 21.9. The Labute approximate surface area is 282 Å². The monoisotopic (exact) mass is 644 g/mol. The third-order valence-corrected chi connectivity index (χ3v) is 9.99. The molecule has 0 atom stereocenters. The molecule has 6 heterocycles. The van der Waals surface area contributed by atoms with Crippen LogP contribution in [0.4, 0.5) is 0 Å². The fourth-order valence-electron chi connectivity index (χ4n) is 7.81. The topological polar surface area (TPSA) is 70.7 Å². The third kappa shape index (κ3) is 3.29. The molecule has 0 aliphatic heterocycles. The lowest BCUT2D eigenvalue weighted by molar-refractivity contribution is 0.644. The van der Waals surface area contributed by atoms with Gasteiger partial charge in [0.15, 0.2) is 0 Å². The average Bonchev–Trinajstić information content (AvgIpc) is 3.99. The van der Waals surface area contributed by atoms with Crippen molar-refractivity contribution in [3.63, 3.8) is 0 Å². The number of imidazole rings is 4. The predicted octanol–water partition coefficient (Wildman–Crippen LogP) is 10.3. The van der Waals surface area contributed by atoms with E-state index in [2.05, 4.69) is 115 Å². The SMILES string of the molecule is c1ccc(-n2c3oc4ccc(-c5ccc6oc7c(c6c5)n5c6ccccc6nc5n7-c5ccccc5)cc4c3n3c4ccccc4nc23)cc1. The van der Waals surface area contributed by atoms with Crippen LogP contribution in [0.3, 0.4) is 0 Å². The Kier molecular flexibility index (Phi) is 4.83. The van der Waals surface area contributed by atoms with Crippen LogP contribution < -0.4 is 0 Å². The van der Waals surface area contributed by atoms with Crippen LogP contribution in [0.5, 0.6) is 0 Å². The van der Waals surface area contributed by atoms with Crippen molar-refractivity contribution in [2.24, 2.45) is 0 Å². The molecule has 0 fully saturated rings. The number of aromatic nitrogens is 6. The van der Waals surface area contributed by atoms with Gasteiger partial charge in [0, 0.05) is 10.8 Å². The average molecular weight is 645 g/mol. The molecule has 12 aromatic rings. The molecule has 8 heteroatoms. The van der Waals surface area contributed by atoms with Crippen molar-refractivity contribution in [1.29, 1.82) is 0 Å². The first-order valence-corrected chi connectivity index (χ1v) is 16.6. The van der Waals surface area contributed by atoms with Crippen molar-refractivity contribution in [2.75, 3.05) is 0 Å². The molecule has 6 aromatic heterocycles. The highest BCUT2D eigenvalue weighted by molar-refractivity contribution is 6.10. The Morgan fingerprint density at radius 1 is 0.420 bits per heavy atom. The minimum absolute atomic E-state index is 0.764. The van der Waals surface area contributed by atoms with E-state index in [1.165, 1.54) is 0 Å². The van der Waals surface area contributed by atoms with E-state index in [1.54, 1.807) is 0 Å². The Balaban J connectivity index is 1.14. The Morgan fingerprint density at radius 3 is 1.30 bits per heavy atom. The van der Waals surface area contributed by atoms with E-state index in [0.717, 1.165) is 101 Å². The highest BCUT2D eigenvalue weighted by Gasteiger charge is 2.25. The van der Waals surface area contributed by atoms with Gasteiger partial charge in [0.25, 0.3) is 0 Å². The van der Waals surface area contributed by atoms with E-state index in [-0.39, 0.29) is 0 Å². The minimum Gasteiger partial charge on any atom is -0.437 e. The molecular formula is C42H24N6O2. The predicted molar refractivity (Wildman–Crippen MR) is 198 cm³/mol. The Bertz CT molecular complexity index is 3090. The maximum atomic E-state index is 6.64. The summed E-state index contributed by atoms with van der Waals surface area (Å²) >= 11 is 0. The molecule has 50 heavy (non-hydrogen) atoms. The minimum atomic E-state index is 0.764. The summed E-state index contributed by atoms with van der Waals surface area (Å²) in [6.45, 7) is 0. The molecule has 0 bridgehead atoms. The summed E-state index contributed by atoms with van der Waals surface area (Å²) in [5, 5.41) is 2.05. The largest absolute Gasteiger partial charge is 0.437 e. The second kappa shape index (κ2) is 9.30. The lowest BCUT2D eigenvalue weighted by Gasteiger charge is -2.04. The molecule has 0 unspecified atom stereocenters. The van der Waals surface area contributed by atoms with Gasteiger partial charge in [0.05, 0.1) is 33.4 Å². The molecule has 12 rings (SSSR count). The number of rotatable bonds is 3. The summed E-state index contributed by atoms with van der Waals surface area (Å²) in [5.41, 5.74) is 13.3. The van der Waals surface area contributed by atoms with Gasteiger partial charge >= 0.3 is 0 Å². The lowest BCUT2D eigenvalue weighted by Crippen LogP contribution is -1.94. The first-order valence-electron chi connectivity index (χ1n) is 16.6. The molecule has 0 amide bonds. The standard InChI is InChI=1S/C42H24N6O2/c1-3-11-27(12-4-1)45-39-37(47-33-17-9-7-15-31(33)43-41(45)47)29-23-25(19-21-35(29)49-39)26-20-22-36-30(24-26)38-40(50-36)46(28-13-5-2-6-14-28)42-44-32-16-8-10-18-34(32)48(38)42/h1-24H. The normalized spacial score (nSPS) is 12.4. The quantitative estimate of drug-likeness (QED) is 0.192. The van der Waals surface area contributed by atoms with Crippen LogP contribution in [-0.4, -0.2) is 27.9 Å². The van der Waals surface area contributed by atoms with Crippen molar-refractivity contribution in [2.45, 2.75) is 0 Å². The molecular weight excluding hydrogens is 621 g/mol. The van der Waals surface area contributed by atoms with Crippen LogP contribution in [0.25, 0.3) is 101 Å². The van der Waals surface area contributed by atoms with E-state index < -0.39 is 0 Å². The number of fused-ring (bicyclic) bond motifs is 14. The molecule has 8 nitrogen and oxygen atoms in total. The lowest BCUT2D eigenvalue weighted by atomic mass is 10.0. The number of nitrogens with zero attached hydrogens (tertiary/aromatic N) is 6. The third-order valence-electron chi connectivity index (χ3n) is 9.99. The maximum absolute atomic E-state index is 6.64. The van der Waals surface area contributed by atoms with Gasteiger partial charge in [-0.25, -0.2) is 19.1 Å². The molecule has 0 radical (unpaired) electrons. The highest BCUT2D eigenvalue weighted by Crippen LogP contribution is 2.40. The number of furan rings is 2. The van der Waals surface area contributed by atoms with E-state index >= 15 is 0 Å². The van der Waals surface area contributed by atoms with Crippen LogP contribution in [-0.2, 0) is 0 Å². The molecule has 0 saturated carbocycles. The Morgan fingerprint density at radius 2 is 0.840 bits per heavy atom. The first-order chi connectivity index (χ1) is 24.8. The van der Waals surface area contributed by atoms with Crippen LogP contribution in [0.15, 0.2) is 154 Å². The van der Waals surface area contributed by atoms with Crippen molar-refractivity contribution < 1.29 is 8.83 Å². The van der Waals surface area contributed by atoms with Crippen molar-refractivity contribution in [3.05, 3.63) is 146 Å². The van der Waals surface area contributed by atoms with Crippen LogP contribution in [0.2, 0.25) is 0 Å². The van der Waals surface area contributed by atoms with Crippen LogP contribution in [0.1, 0.15) is 0 Å². The molecule has 0 aliphatic carbocycles. The van der Waals surface area contributed by atoms with E-state index in [1.807, 2.05) is 48.5 Å². The number of hydrogen-bond donors (Lipinski definition) is 0. The first kappa shape index (κ1) is 26.0. The molecule has 0 aliphatic rings. The summed E-state index contributed by atoms with van der Waals surface area (Å²) in [4.78, 5) is 10.1. The van der Waals surface area contributed by atoms with Crippen LogP contribution >= 0.6 is 0 Å². The van der Waals surface area contributed by atoms with Gasteiger partial charge in [-0.15, -0.1) is 0 Å². The highest BCUT2D eigenvalue weighted by atomic mass is 16.3. The van der Waals surface area contributed by atoms with E-state index in [9.17, 15) is 0 Å². The van der Waals surface area contributed by atoms with Crippen molar-refractivity contribution >= 4 is 78.0 Å². The number of hydrogen-bond acceptors (Lipinski definition) is 4. The smallest absolute Gasteiger partial charge is 0.232 e. The van der Waals surface area contributed by atoms with Gasteiger partial charge < -0.3 is 8.83 Å². The fraction of sp³-hybridized carbons (Fsp3) is 0. The summed E-state index contributed by atoms with van der Waals surface area (Å²) in [7, 11) is 0. The van der Waals surface area contributed by atoms with Gasteiger partial charge in [0.1, 0.15) is 22.2 Å². The zero-order valence-corrected chi connectivity index (χ0v) is 26.4. The second-order valence-corrected chi connectivity index (χ2v) is 12.7. The molecule has 6 aromatic carbocycles. The molecule has 0 saturated heterocycles. The van der Waals surface area contributed by atoms with Gasteiger partial charge in [-0.3, -0.25) is 8.80 Å². The van der Waals surface area contributed by atoms with Gasteiger partial charge in [0.2, 0.25) is 23.0 Å². The molecule has 234 valence electrons. The van der Waals surface area contributed by atoms with Gasteiger partial charge in [-0.05, 0) is 83.9 Å². The van der Waals surface area contributed by atoms with Crippen molar-refractivity contribution in [1.82, 2.24) is 27.9 Å². The zero-order valence-electron chi connectivity index (χ0n) is 26.4. The van der Waals surface area contributed by atoms with Crippen molar-refractivity contribution in [3.8, 4) is 22.5 Å². The second-order valence-electron chi connectivity index (χ2n) is 12.7. The molecule has 0 spiro atoms. The summed E-state index contributed by atoms with van der Waals surface area (Å²) in [6.07, 6.45) is 0. The van der Waals surface area contributed by atoms with Gasteiger partial charge in [-0.1, -0.05) is 72.8 Å². The zero-order chi connectivity index (χ0) is 32.5. The number of para-hydroxylation sites is 6. The van der Waals surface area contributed by atoms with Gasteiger partial charge in [-0.2, -0.15) is 0 Å².